The van der Waals surface area contributed by atoms with Gasteiger partial charge in [0.15, 0.2) is 0 Å². The van der Waals surface area contributed by atoms with Gasteiger partial charge >= 0.3 is 0 Å². The number of carbonyl (C=O) groups excluding carboxylic acids is 1. The normalized spacial score (nSPS) is 14.1. The average Bonchev–Trinajstić information content (AvgIpc) is 3.07. The smallest absolute Gasteiger partial charge is 0.254 e. The minimum atomic E-state index is -0.108. The molecule has 2 heterocycles. The van der Waals surface area contributed by atoms with Gasteiger partial charge in [-0.2, -0.15) is 0 Å². The van der Waals surface area contributed by atoms with Crippen LogP contribution in [0.1, 0.15) is 12.8 Å². The van der Waals surface area contributed by atoms with E-state index in [0.717, 1.165) is 39.3 Å². The summed E-state index contributed by atoms with van der Waals surface area (Å²) in [7, 11) is 0. The van der Waals surface area contributed by atoms with E-state index < -0.39 is 0 Å². The van der Waals surface area contributed by atoms with Gasteiger partial charge in [-0.25, -0.2) is 4.98 Å². The van der Waals surface area contributed by atoms with Crippen molar-refractivity contribution in [2.45, 2.75) is 12.8 Å². The summed E-state index contributed by atoms with van der Waals surface area (Å²) in [5.74, 6) is -0.108. The van der Waals surface area contributed by atoms with Crippen molar-refractivity contribution in [1.82, 2.24) is 4.98 Å². The number of nitrogens with one attached hydrogen (secondary N) is 1. The number of ether oxygens (including phenoxy) is 1. The maximum absolute atomic E-state index is 12.4. The molecule has 5 heteroatoms. The number of nitrogens with zero attached hydrogens (tertiary/aromatic N) is 1. The molecule has 0 atom stereocenters. The van der Waals surface area contributed by atoms with Crippen LogP contribution < -0.4 is 5.32 Å². The van der Waals surface area contributed by atoms with Crippen LogP contribution in [0.3, 0.4) is 0 Å². The number of aromatic nitrogens is 1. The van der Waals surface area contributed by atoms with E-state index in [4.69, 9.17) is 9.72 Å². The van der Waals surface area contributed by atoms with Crippen molar-refractivity contribution >= 4 is 33.1 Å². The molecule has 1 aromatic heterocycles. The van der Waals surface area contributed by atoms with Gasteiger partial charge in [-0.1, -0.05) is 24.3 Å². The lowest BCUT2D eigenvalue weighted by molar-refractivity contribution is -0.113. The van der Waals surface area contributed by atoms with Gasteiger partial charge < -0.3 is 10.1 Å². The molecular weight excluding hydrogens is 320 g/mol. The summed E-state index contributed by atoms with van der Waals surface area (Å²) in [6.45, 7) is 0.680. The van der Waals surface area contributed by atoms with E-state index in [2.05, 4.69) is 11.4 Å². The van der Waals surface area contributed by atoms with Gasteiger partial charge in [0.05, 0.1) is 34.3 Å². The highest BCUT2D eigenvalue weighted by molar-refractivity contribution is 7.21. The Balaban J connectivity index is 1.67. The van der Waals surface area contributed by atoms with Crippen molar-refractivity contribution in [3.8, 4) is 10.6 Å². The Morgan fingerprint density at radius 1 is 1.12 bits per heavy atom. The minimum absolute atomic E-state index is 0.108. The lowest BCUT2D eigenvalue weighted by Gasteiger charge is -2.14. The Morgan fingerprint density at radius 3 is 2.79 bits per heavy atom. The number of rotatable bonds is 3. The largest absolute Gasteiger partial charge is 0.501 e. The summed E-state index contributed by atoms with van der Waals surface area (Å²) in [4.78, 5) is 17.1. The number of anilines is 1. The third-order valence-electron chi connectivity index (χ3n) is 3.93. The molecule has 1 aliphatic rings. The van der Waals surface area contributed by atoms with Crippen molar-refractivity contribution in [2.24, 2.45) is 0 Å². The van der Waals surface area contributed by atoms with Crippen LogP contribution in [0.4, 0.5) is 5.69 Å². The van der Waals surface area contributed by atoms with Gasteiger partial charge in [0.25, 0.3) is 5.91 Å². The van der Waals surface area contributed by atoms with Crippen LogP contribution in [0.2, 0.25) is 0 Å². The molecule has 0 saturated heterocycles. The zero-order valence-corrected chi connectivity index (χ0v) is 13.8. The lowest BCUT2D eigenvalue weighted by Crippen LogP contribution is -2.17. The zero-order chi connectivity index (χ0) is 16.4. The van der Waals surface area contributed by atoms with Crippen LogP contribution in [-0.4, -0.2) is 17.5 Å². The molecule has 1 N–H and O–H groups in total. The summed E-state index contributed by atoms with van der Waals surface area (Å²) in [6, 6.07) is 15.8. The van der Waals surface area contributed by atoms with E-state index in [1.165, 1.54) is 0 Å². The van der Waals surface area contributed by atoms with Gasteiger partial charge in [-0.3, -0.25) is 4.79 Å². The SMILES string of the molecule is O=C(Nc1ccccc1-c1nc2ccccc2s1)C1=COCCC1. The highest BCUT2D eigenvalue weighted by Gasteiger charge is 2.16. The van der Waals surface area contributed by atoms with E-state index in [-0.39, 0.29) is 5.91 Å². The van der Waals surface area contributed by atoms with E-state index in [1.54, 1.807) is 17.6 Å². The molecule has 0 saturated carbocycles. The van der Waals surface area contributed by atoms with Crippen LogP contribution in [0, 0.1) is 0 Å². The predicted molar refractivity (Wildman–Crippen MR) is 97.0 cm³/mol. The van der Waals surface area contributed by atoms with E-state index in [1.807, 2.05) is 42.5 Å². The quantitative estimate of drug-likeness (QED) is 0.761. The van der Waals surface area contributed by atoms with Gasteiger partial charge in [0, 0.05) is 5.56 Å². The molecule has 120 valence electrons. The fourth-order valence-corrected chi connectivity index (χ4v) is 3.71. The van der Waals surface area contributed by atoms with Crippen LogP contribution >= 0.6 is 11.3 Å². The summed E-state index contributed by atoms with van der Waals surface area (Å²) >= 11 is 1.63. The van der Waals surface area contributed by atoms with Crippen molar-refractivity contribution in [2.75, 3.05) is 11.9 Å². The molecule has 4 nitrogen and oxygen atoms in total. The minimum Gasteiger partial charge on any atom is -0.501 e. The molecule has 0 aliphatic carbocycles. The topological polar surface area (TPSA) is 51.2 Å². The number of para-hydroxylation sites is 2. The number of amides is 1. The Morgan fingerprint density at radius 2 is 1.96 bits per heavy atom. The van der Waals surface area contributed by atoms with Gasteiger partial charge in [-0.05, 0) is 37.1 Å². The third-order valence-corrected chi connectivity index (χ3v) is 4.99. The van der Waals surface area contributed by atoms with Crippen LogP contribution in [-0.2, 0) is 9.53 Å². The van der Waals surface area contributed by atoms with E-state index >= 15 is 0 Å². The molecule has 0 spiro atoms. The first-order valence-corrected chi connectivity index (χ1v) is 8.70. The average molecular weight is 336 g/mol. The second-order valence-corrected chi connectivity index (χ2v) is 6.63. The maximum atomic E-state index is 12.4. The molecule has 3 aromatic rings. The first-order chi connectivity index (χ1) is 11.8. The fraction of sp³-hybridized carbons (Fsp3) is 0.158. The number of hydrogen-bond donors (Lipinski definition) is 1. The van der Waals surface area contributed by atoms with Crippen molar-refractivity contribution in [3.63, 3.8) is 0 Å². The van der Waals surface area contributed by atoms with Crippen molar-refractivity contribution in [3.05, 3.63) is 60.4 Å². The molecule has 0 bridgehead atoms. The highest BCUT2D eigenvalue weighted by atomic mass is 32.1. The second-order valence-electron chi connectivity index (χ2n) is 5.60. The summed E-state index contributed by atoms with van der Waals surface area (Å²) < 4.78 is 6.40. The highest BCUT2D eigenvalue weighted by Crippen LogP contribution is 2.34. The van der Waals surface area contributed by atoms with Gasteiger partial charge in [0.1, 0.15) is 5.01 Å². The number of carbonyl (C=O) groups is 1. The van der Waals surface area contributed by atoms with Gasteiger partial charge in [0.2, 0.25) is 0 Å². The molecule has 4 rings (SSSR count). The first kappa shape index (κ1) is 14.9. The van der Waals surface area contributed by atoms with Gasteiger partial charge in [-0.15, -0.1) is 11.3 Å². The summed E-state index contributed by atoms with van der Waals surface area (Å²) in [5.41, 5.74) is 3.36. The fourth-order valence-electron chi connectivity index (χ4n) is 2.70. The molecule has 0 unspecified atom stereocenters. The Hall–Kier alpha value is -2.66. The molecule has 1 aliphatic heterocycles. The van der Waals surface area contributed by atoms with Crippen molar-refractivity contribution < 1.29 is 9.53 Å². The zero-order valence-electron chi connectivity index (χ0n) is 13.0. The van der Waals surface area contributed by atoms with E-state index in [9.17, 15) is 4.79 Å². The number of thiazole rings is 1. The Kier molecular flexibility index (Phi) is 4.01. The second kappa shape index (κ2) is 6.45. The lowest BCUT2D eigenvalue weighted by atomic mass is 10.1. The number of hydrogen-bond acceptors (Lipinski definition) is 4. The monoisotopic (exact) mass is 336 g/mol. The van der Waals surface area contributed by atoms with Crippen LogP contribution in [0.15, 0.2) is 60.4 Å². The molecule has 24 heavy (non-hydrogen) atoms. The maximum Gasteiger partial charge on any atom is 0.254 e. The Labute approximate surface area is 143 Å². The Bertz CT molecular complexity index is 897. The first-order valence-electron chi connectivity index (χ1n) is 7.88. The summed E-state index contributed by atoms with van der Waals surface area (Å²) in [6.07, 6.45) is 3.19. The predicted octanol–water partition coefficient (Wildman–Crippen LogP) is 4.60. The number of fused-ring (bicyclic) bond motifs is 1. The molecule has 0 fully saturated rings. The van der Waals surface area contributed by atoms with E-state index in [0.29, 0.717) is 12.2 Å². The molecule has 2 aromatic carbocycles. The molecular formula is C19H16N2O2S. The molecule has 0 radical (unpaired) electrons. The number of benzene rings is 2. The summed E-state index contributed by atoms with van der Waals surface area (Å²) in [5, 5.41) is 3.91. The van der Waals surface area contributed by atoms with Crippen molar-refractivity contribution in [1.29, 1.82) is 0 Å². The molecule has 1 amide bonds. The van der Waals surface area contributed by atoms with Crippen LogP contribution in [0.25, 0.3) is 20.8 Å². The third kappa shape index (κ3) is 2.90. The standard InChI is InChI=1S/C19H16N2O2S/c22-18(13-6-5-11-23-12-13)20-15-8-2-1-7-14(15)19-21-16-9-3-4-10-17(16)24-19/h1-4,7-10,12H,5-6,11H2,(H,20,22). The van der Waals surface area contributed by atoms with Crippen LogP contribution in [0.5, 0.6) is 0 Å².